The van der Waals surface area contributed by atoms with E-state index in [4.69, 9.17) is 5.26 Å². The van der Waals surface area contributed by atoms with Crippen molar-refractivity contribution in [3.8, 4) is 6.07 Å². The minimum Gasteiger partial charge on any atom is -0.305 e. The van der Waals surface area contributed by atoms with Crippen LogP contribution in [-0.4, -0.2) is 0 Å². The maximum Gasteiger partial charge on any atom is 0.0991 e. The number of nitriles is 1. The van der Waals surface area contributed by atoms with Crippen LogP contribution in [0.1, 0.15) is 29.0 Å². The number of nitrogens with zero attached hydrogens (tertiary/aromatic N) is 1. The van der Waals surface area contributed by atoms with Gasteiger partial charge in [-0.1, -0.05) is 12.1 Å². The summed E-state index contributed by atoms with van der Waals surface area (Å²) in [5, 5.41) is 14.3. The molecule has 2 aromatic rings. The van der Waals surface area contributed by atoms with E-state index >= 15 is 0 Å². The summed E-state index contributed by atoms with van der Waals surface area (Å²) in [5.41, 5.74) is 1.89. The first-order chi connectivity index (χ1) is 8.69. The van der Waals surface area contributed by atoms with Crippen molar-refractivity contribution in [2.75, 3.05) is 0 Å². The summed E-state index contributed by atoms with van der Waals surface area (Å²) in [6.45, 7) is 2.96. The van der Waals surface area contributed by atoms with E-state index in [1.165, 1.54) is 10.4 Å². The molecule has 0 saturated carbocycles. The van der Waals surface area contributed by atoms with E-state index in [1.807, 2.05) is 24.3 Å². The number of benzene rings is 1. The molecule has 1 heterocycles. The molecule has 0 aliphatic carbocycles. The average Bonchev–Trinajstić information content (AvgIpc) is 2.83. The highest BCUT2D eigenvalue weighted by molar-refractivity contribution is 9.10. The molecule has 0 amide bonds. The molecule has 2 nitrogen and oxygen atoms in total. The average molecular weight is 321 g/mol. The van der Waals surface area contributed by atoms with Crippen molar-refractivity contribution in [3.63, 3.8) is 0 Å². The molecular formula is C14H13BrN2S. The summed E-state index contributed by atoms with van der Waals surface area (Å²) in [5.74, 6) is 0. The molecule has 0 saturated heterocycles. The largest absolute Gasteiger partial charge is 0.305 e. The standard InChI is InChI=1S/C14H13BrN2S/c1-10(14-6-13(15)9-18-14)17-8-12-4-2-11(7-16)3-5-12/h2-6,9-10,17H,8H2,1H3. The summed E-state index contributed by atoms with van der Waals surface area (Å²) in [6, 6.07) is 12.3. The maximum atomic E-state index is 8.73. The molecule has 1 aromatic carbocycles. The highest BCUT2D eigenvalue weighted by atomic mass is 79.9. The van der Waals surface area contributed by atoms with Crippen LogP contribution in [0.3, 0.4) is 0 Å². The van der Waals surface area contributed by atoms with E-state index in [0.717, 1.165) is 11.0 Å². The Labute approximate surface area is 119 Å². The highest BCUT2D eigenvalue weighted by Gasteiger charge is 2.07. The van der Waals surface area contributed by atoms with E-state index in [-0.39, 0.29) is 0 Å². The normalized spacial score (nSPS) is 12.1. The van der Waals surface area contributed by atoms with Crippen LogP contribution in [0.2, 0.25) is 0 Å². The fraction of sp³-hybridized carbons (Fsp3) is 0.214. The lowest BCUT2D eigenvalue weighted by molar-refractivity contribution is 0.583. The van der Waals surface area contributed by atoms with Gasteiger partial charge in [-0.05, 0) is 46.6 Å². The van der Waals surface area contributed by atoms with E-state index in [0.29, 0.717) is 11.6 Å². The molecule has 0 aliphatic rings. The third kappa shape index (κ3) is 3.42. The number of hydrogen-bond acceptors (Lipinski definition) is 3. The zero-order valence-corrected chi connectivity index (χ0v) is 12.4. The van der Waals surface area contributed by atoms with Crippen LogP contribution in [0.15, 0.2) is 40.2 Å². The Morgan fingerprint density at radius 3 is 2.67 bits per heavy atom. The number of nitrogens with one attached hydrogen (secondary N) is 1. The topological polar surface area (TPSA) is 35.8 Å². The maximum absolute atomic E-state index is 8.73. The third-order valence-corrected chi connectivity index (χ3v) is 4.59. The molecule has 18 heavy (non-hydrogen) atoms. The molecular weight excluding hydrogens is 308 g/mol. The summed E-state index contributed by atoms with van der Waals surface area (Å²) in [4.78, 5) is 1.32. The Hall–Kier alpha value is -1.15. The number of rotatable bonds is 4. The van der Waals surface area contributed by atoms with Crippen molar-refractivity contribution in [2.45, 2.75) is 19.5 Å². The highest BCUT2D eigenvalue weighted by Crippen LogP contribution is 2.25. The van der Waals surface area contributed by atoms with E-state index in [1.54, 1.807) is 11.3 Å². The molecule has 4 heteroatoms. The van der Waals surface area contributed by atoms with Crippen LogP contribution < -0.4 is 5.32 Å². The number of hydrogen-bond donors (Lipinski definition) is 1. The Morgan fingerprint density at radius 2 is 2.11 bits per heavy atom. The molecule has 1 aromatic heterocycles. The van der Waals surface area contributed by atoms with Gasteiger partial charge in [-0.2, -0.15) is 5.26 Å². The first-order valence-electron chi connectivity index (χ1n) is 5.65. The van der Waals surface area contributed by atoms with Gasteiger partial charge in [-0.25, -0.2) is 0 Å². The fourth-order valence-electron chi connectivity index (χ4n) is 1.62. The van der Waals surface area contributed by atoms with Crippen LogP contribution in [-0.2, 0) is 6.54 Å². The van der Waals surface area contributed by atoms with Crippen molar-refractivity contribution >= 4 is 27.3 Å². The van der Waals surface area contributed by atoms with Crippen LogP contribution in [0.4, 0.5) is 0 Å². The summed E-state index contributed by atoms with van der Waals surface area (Å²) >= 11 is 5.21. The second kappa shape index (κ2) is 6.14. The van der Waals surface area contributed by atoms with Gasteiger partial charge < -0.3 is 5.32 Å². The molecule has 0 bridgehead atoms. The second-order valence-corrected chi connectivity index (χ2v) is 5.94. The first-order valence-corrected chi connectivity index (χ1v) is 7.32. The van der Waals surface area contributed by atoms with Crippen LogP contribution >= 0.6 is 27.3 Å². The minimum absolute atomic E-state index is 0.331. The van der Waals surface area contributed by atoms with Gasteiger partial charge in [0.15, 0.2) is 0 Å². The van der Waals surface area contributed by atoms with Gasteiger partial charge in [0.25, 0.3) is 0 Å². The quantitative estimate of drug-likeness (QED) is 0.914. The van der Waals surface area contributed by atoms with Gasteiger partial charge in [0.05, 0.1) is 11.6 Å². The lowest BCUT2D eigenvalue weighted by Gasteiger charge is -2.12. The second-order valence-electron chi connectivity index (χ2n) is 4.08. The Balaban J connectivity index is 1.93. The SMILES string of the molecule is CC(NCc1ccc(C#N)cc1)c1cc(Br)cs1. The van der Waals surface area contributed by atoms with Gasteiger partial charge in [0.1, 0.15) is 0 Å². The van der Waals surface area contributed by atoms with Crippen molar-refractivity contribution in [1.82, 2.24) is 5.32 Å². The molecule has 0 radical (unpaired) electrons. The fourth-order valence-corrected chi connectivity index (χ4v) is 3.10. The molecule has 2 rings (SSSR count). The summed E-state index contributed by atoms with van der Waals surface area (Å²) in [6.07, 6.45) is 0. The molecule has 1 unspecified atom stereocenters. The monoisotopic (exact) mass is 320 g/mol. The van der Waals surface area contributed by atoms with Gasteiger partial charge in [-0.3, -0.25) is 0 Å². The molecule has 1 atom stereocenters. The number of halogens is 1. The Morgan fingerprint density at radius 1 is 1.39 bits per heavy atom. The first kappa shape index (κ1) is 13.3. The zero-order valence-electron chi connectivity index (χ0n) is 9.98. The van der Waals surface area contributed by atoms with Crippen molar-refractivity contribution < 1.29 is 0 Å². The summed E-state index contributed by atoms with van der Waals surface area (Å²) in [7, 11) is 0. The van der Waals surface area contributed by atoms with E-state index < -0.39 is 0 Å². The number of thiophene rings is 1. The third-order valence-electron chi connectivity index (χ3n) is 2.71. The van der Waals surface area contributed by atoms with Gasteiger partial charge >= 0.3 is 0 Å². The zero-order chi connectivity index (χ0) is 13.0. The van der Waals surface area contributed by atoms with Gasteiger partial charge in [0, 0.05) is 27.3 Å². The lowest BCUT2D eigenvalue weighted by atomic mass is 10.1. The smallest absolute Gasteiger partial charge is 0.0991 e. The van der Waals surface area contributed by atoms with E-state index in [2.05, 4.69) is 45.7 Å². The Kier molecular flexibility index (Phi) is 4.54. The van der Waals surface area contributed by atoms with Crippen molar-refractivity contribution in [1.29, 1.82) is 5.26 Å². The van der Waals surface area contributed by atoms with Crippen LogP contribution in [0, 0.1) is 11.3 Å². The molecule has 1 N–H and O–H groups in total. The minimum atomic E-state index is 0.331. The molecule has 0 fully saturated rings. The lowest BCUT2D eigenvalue weighted by Crippen LogP contribution is -2.17. The van der Waals surface area contributed by atoms with Gasteiger partial charge in [-0.15, -0.1) is 11.3 Å². The predicted molar refractivity (Wildman–Crippen MR) is 78.4 cm³/mol. The molecule has 0 aliphatic heterocycles. The van der Waals surface area contributed by atoms with Crippen molar-refractivity contribution in [2.24, 2.45) is 0 Å². The molecule has 92 valence electrons. The summed E-state index contributed by atoms with van der Waals surface area (Å²) < 4.78 is 1.13. The van der Waals surface area contributed by atoms with Crippen molar-refractivity contribution in [3.05, 3.63) is 56.2 Å². The van der Waals surface area contributed by atoms with Crippen LogP contribution in [0.25, 0.3) is 0 Å². The Bertz CT molecular complexity index is 554. The molecule has 0 spiro atoms. The van der Waals surface area contributed by atoms with E-state index in [9.17, 15) is 0 Å². The predicted octanol–water partition coefficient (Wildman–Crippen LogP) is 4.23. The van der Waals surface area contributed by atoms with Crippen LogP contribution in [0.5, 0.6) is 0 Å². The van der Waals surface area contributed by atoms with Gasteiger partial charge in [0.2, 0.25) is 0 Å².